The summed E-state index contributed by atoms with van der Waals surface area (Å²) < 4.78 is 5.41. The fourth-order valence-corrected chi connectivity index (χ4v) is 2.21. The maximum Gasteiger partial charge on any atom is 0.316 e. The summed E-state index contributed by atoms with van der Waals surface area (Å²) >= 11 is 0. The van der Waals surface area contributed by atoms with Crippen molar-refractivity contribution in [3.05, 3.63) is 0 Å². The molecule has 1 atom stereocenters. The highest BCUT2D eigenvalue weighted by Gasteiger charge is 2.33. The Morgan fingerprint density at radius 2 is 1.65 bits per heavy atom. The molecule has 0 aromatic carbocycles. The van der Waals surface area contributed by atoms with Crippen molar-refractivity contribution in [3.63, 3.8) is 0 Å². The smallest absolute Gasteiger partial charge is 0.316 e. The lowest BCUT2D eigenvalue weighted by Gasteiger charge is -2.25. The van der Waals surface area contributed by atoms with Crippen LogP contribution in [-0.2, 0) is 14.3 Å². The van der Waals surface area contributed by atoms with Crippen LogP contribution in [0.5, 0.6) is 0 Å². The number of esters is 1. The minimum atomic E-state index is -0.642. The lowest BCUT2D eigenvalue weighted by atomic mass is 9.84. The van der Waals surface area contributed by atoms with Crippen molar-refractivity contribution >= 4 is 11.8 Å². The number of carbonyl (C=O) groups excluding carboxylic acids is 2. The van der Waals surface area contributed by atoms with Gasteiger partial charge in [-0.2, -0.15) is 0 Å². The SMILES string of the molecule is CC(C(=O)OC1CCCCC1)C(=O)C(C)(C)C. The van der Waals surface area contributed by atoms with Gasteiger partial charge in [0.25, 0.3) is 0 Å². The Morgan fingerprint density at radius 1 is 1.12 bits per heavy atom. The first-order valence-corrected chi connectivity index (χ1v) is 6.57. The summed E-state index contributed by atoms with van der Waals surface area (Å²) in [6.45, 7) is 7.15. The summed E-state index contributed by atoms with van der Waals surface area (Å²) in [7, 11) is 0. The van der Waals surface area contributed by atoms with Crippen molar-refractivity contribution in [1.82, 2.24) is 0 Å². The molecule has 1 saturated carbocycles. The zero-order valence-electron chi connectivity index (χ0n) is 11.4. The summed E-state index contributed by atoms with van der Waals surface area (Å²) in [5.74, 6) is -1.04. The van der Waals surface area contributed by atoms with E-state index in [1.54, 1.807) is 6.92 Å². The first-order valence-electron chi connectivity index (χ1n) is 6.57. The van der Waals surface area contributed by atoms with Crippen molar-refractivity contribution in [3.8, 4) is 0 Å². The normalized spacial score (nSPS) is 19.8. The molecule has 1 aliphatic carbocycles. The number of ether oxygens (including phenoxy) is 1. The molecular weight excluding hydrogens is 216 g/mol. The van der Waals surface area contributed by atoms with Crippen LogP contribution >= 0.6 is 0 Å². The molecule has 3 heteroatoms. The predicted molar refractivity (Wildman–Crippen MR) is 66.6 cm³/mol. The largest absolute Gasteiger partial charge is 0.462 e. The van der Waals surface area contributed by atoms with Crippen molar-refractivity contribution in [2.24, 2.45) is 11.3 Å². The van der Waals surface area contributed by atoms with E-state index in [1.165, 1.54) is 6.42 Å². The van der Waals surface area contributed by atoms with Crippen LogP contribution in [-0.4, -0.2) is 17.9 Å². The van der Waals surface area contributed by atoms with Crippen LogP contribution in [0.25, 0.3) is 0 Å². The minimum absolute atomic E-state index is 0.0338. The van der Waals surface area contributed by atoms with Gasteiger partial charge in [0, 0.05) is 5.41 Å². The van der Waals surface area contributed by atoms with E-state index in [9.17, 15) is 9.59 Å². The highest BCUT2D eigenvalue weighted by Crippen LogP contribution is 2.24. The third-order valence-electron chi connectivity index (χ3n) is 3.32. The summed E-state index contributed by atoms with van der Waals surface area (Å²) in [4.78, 5) is 23.8. The van der Waals surface area contributed by atoms with Gasteiger partial charge in [-0.3, -0.25) is 9.59 Å². The first kappa shape index (κ1) is 14.2. The Balaban J connectivity index is 2.49. The molecule has 0 aromatic rings. The molecule has 17 heavy (non-hydrogen) atoms. The third-order valence-corrected chi connectivity index (χ3v) is 3.32. The molecule has 1 rings (SSSR count). The molecule has 0 bridgehead atoms. The monoisotopic (exact) mass is 240 g/mol. The van der Waals surface area contributed by atoms with Gasteiger partial charge in [0.1, 0.15) is 12.0 Å². The van der Waals surface area contributed by atoms with E-state index < -0.39 is 11.3 Å². The molecule has 1 aliphatic rings. The van der Waals surface area contributed by atoms with Crippen molar-refractivity contribution in [2.75, 3.05) is 0 Å². The second-order valence-corrected chi connectivity index (χ2v) is 6.03. The molecule has 3 nitrogen and oxygen atoms in total. The maximum absolute atomic E-state index is 11.9. The van der Waals surface area contributed by atoms with Gasteiger partial charge in [-0.05, 0) is 32.6 Å². The lowest BCUT2D eigenvalue weighted by molar-refractivity contribution is -0.159. The van der Waals surface area contributed by atoms with Gasteiger partial charge >= 0.3 is 5.97 Å². The van der Waals surface area contributed by atoms with E-state index in [0.29, 0.717) is 0 Å². The van der Waals surface area contributed by atoms with Gasteiger partial charge in [0.05, 0.1) is 0 Å². The third kappa shape index (κ3) is 4.14. The molecule has 0 saturated heterocycles. The summed E-state index contributed by atoms with van der Waals surface area (Å²) in [6.07, 6.45) is 5.40. The number of ketones is 1. The summed E-state index contributed by atoms with van der Waals surface area (Å²) in [6, 6.07) is 0. The van der Waals surface area contributed by atoms with Gasteiger partial charge in [-0.1, -0.05) is 27.2 Å². The maximum atomic E-state index is 11.9. The Kier molecular flexibility index (Phi) is 4.72. The van der Waals surface area contributed by atoms with Crippen LogP contribution in [0.3, 0.4) is 0 Å². The molecule has 0 N–H and O–H groups in total. The van der Waals surface area contributed by atoms with E-state index in [-0.39, 0.29) is 17.9 Å². The average molecular weight is 240 g/mol. The quantitative estimate of drug-likeness (QED) is 0.562. The highest BCUT2D eigenvalue weighted by molar-refractivity contribution is 6.01. The van der Waals surface area contributed by atoms with E-state index in [0.717, 1.165) is 25.7 Å². The van der Waals surface area contributed by atoms with Crippen LogP contribution in [0.2, 0.25) is 0 Å². The average Bonchev–Trinajstić information content (AvgIpc) is 2.27. The summed E-state index contributed by atoms with van der Waals surface area (Å²) in [5.41, 5.74) is -0.481. The Labute approximate surface area is 104 Å². The van der Waals surface area contributed by atoms with Crippen molar-refractivity contribution < 1.29 is 14.3 Å². The van der Waals surface area contributed by atoms with Gasteiger partial charge in [0.2, 0.25) is 0 Å². The number of hydrogen-bond donors (Lipinski definition) is 0. The van der Waals surface area contributed by atoms with Crippen LogP contribution in [0.4, 0.5) is 0 Å². The van der Waals surface area contributed by atoms with Crippen molar-refractivity contribution in [1.29, 1.82) is 0 Å². The molecule has 1 unspecified atom stereocenters. The number of carbonyl (C=O) groups is 2. The van der Waals surface area contributed by atoms with Gasteiger partial charge in [0.15, 0.2) is 5.78 Å². The zero-order valence-corrected chi connectivity index (χ0v) is 11.4. The zero-order chi connectivity index (χ0) is 13.1. The van der Waals surface area contributed by atoms with Gasteiger partial charge in [-0.15, -0.1) is 0 Å². The minimum Gasteiger partial charge on any atom is -0.462 e. The van der Waals surface area contributed by atoms with Gasteiger partial charge in [-0.25, -0.2) is 0 Å². The number of rotatable bonds is 3. The molecule has 0 aromatic heterocycles. The Bertz CT molecular complexity index is 282. The van der Waals surface area contributed by atoms with Crippen LogP contribution < -0.4 is 0 Å². The van der Waals surface area contributed by atoms with Gasteiger partial charge < -0.3 is 4.74 Å². The summed E-state index contributed by atoms with van der Waals surface area (Å²) in [5, 5.41) is 0. The molecule has 0 aliphatic heterocycles. The van der Waals surface area contributed by atoms with Crippen LogP contribution in [0.15, 0.2) is 0 Å². The Hall–Kier alpha value is -0.860. The molecule has 1 fully saturated rings. The Morgan fingerprint density at radius 3 is 2.12 bits per heavy atom. The van der Waals surface area contributed by atoms with E-state index in [2.05, 4.69) is 0 Å². The standard InChI is InChI=1S/C14H24O3/c1-10(12(15)14(2,3)4)13(16)17-11-8-6-5-7-9-11/h10-11H,5-9H2,1-4H3. The fourth-order valence-electron chi connectivity index (χ4n) is 2.21. The van der Waals surface area contributed by atoms with E-state index in [1.807, 2.05) is 20.8 Å². The molecule has 0 amide bonds. The second-order valence-electron chi connectivity index (χ2n) is 6.03. The predicted octanol–water partition coefficient (Wildman–Crippen LogP) is 3.11. The second kappa shape index (κ2) is 5.65. The van der Waals surface area contributed by atoms with Crippen LogP contribution in [0, 0.1) is 11.3 Å². The highest BCUT2D eigenvalue weighted by atomic mass is 16.5. The first-order chi connectivity index (χ1) is 7.82. The van der Waals surface area contributed by atoms with E-state index >= 15 is 0 Å². The van der Waals surface area contributed by atoms with Crippen molar-refractivity contribution in [2.45, 2.75) is 65.9 Å². The van der Waals surface area contributed by atoms with E-state index in [4.69, 9.17) is 4.74 Å². The number of hydrogen-bond acceptors (Lipinski definition) is 3. The molecular formula is C14H24O3. The molecule has 0 spiro atoms. The number of Topliss-reactive ketones (excluding diaryl/α,β-unsaturated/α-hetero) is 1. The van der Waals surface area contributed by atoms with Crippen LogP contribution in [0.1, 0.15) is 59.8 Å². The molecule has 0 radical (unpaired) electrons. The lowest BCUT2D eigenvalue weighted by Crippen LogP contribution is -2.34. The molecule has 0 heterocycles. The topological polar surface area (TPSA) is 43.4 Å². The molecule has 98 valence electrons. The fraction of sp³-hybridized carbons (Fsp3) is 0.857.